The van der Waals surface area contributed by atoms with Crippen molar-refractivity contribution < 1.29 is 0 Å². The maximum Gasteiger partial charge on any atom is 0.251 e. The number of nitrogens with zero attached hydrogens (tertiary/aromatic N) is 1. The molecule has 1 heterocycles. The summed E-state index contributed by atoms with van der Waals surface area (Å²) >= 11 is 3.35. The molecule has 0 N–H and O–H groups in total. The molecule has 11 heavy (non-hydrogen) atoms. The van der Waals surface area contributed by atoms with Crippen LogP contribution in [0.25, 0.3) is 0 Å². The number of aromatic nitrogens is 1. The average molecular weight is 214 g/mol. The molecule has 0 saturated heterocycles. The lowest BCUT2D eigenvalue weighted by molar-refractivity contribution is 0.690. The van der Waals surface area contributed by atoms with Gasteiger partial charge in [0, 0.05) is 12.1 Å². The van der Waals surface area contributed by atoms with Crippen LogP contribution >= 0.6 is 15.9 Å². The van der Waals surface area contributed by atoms with E-state index in [1.165, 1.54) is 0 Å². The largest absolute Gasteiger partial charge is 0.300 e. The molecule has 0 bridgehead atoms. The van der Waals surface area contributed by atoms with Crippen LogP contribution in [0.15, 0.2) is 27.6 Å². The summed E-state index contributed by atoms with van der Waals surface area (Å²) in [4.78, 5) is 11.3. The molecular formula is C8H8BrNO. The Kier molecular flexibility index (Phi) is 1.60. The topological polar surface area (TPSA) is 22.0 Å². The summed E-state index contributed by atoms with van der Waals surface area (Å²) in [5.74, 6) is 0. The highest BCUT2D eigenvalue weighted by atomic mass is 79.9. The van der Waals surface area contributed by atoms with Gasteiger partial charge in [-0.25, -0.2) is 0 Å². The Morgan fingerprint density at radius 1 is 1.45 bits per heavy atom. The summed E-state index contributed by atoms with van der Waals surface area (Å²) in [5.41, 5.74) is 0.0990. The van der Waals surface area contributed by atoms with Crippen LogP contribution in [-0.2, 0) is 0 Å². The fourth-order valence-corrected chi connectivity index (χ4v) is 1.78. The van der Waals surface area contributed by atoms with Gasteiger partial charge in [-0.05, 0) is 34.8 Å². The minimum Gasteiger partial charge on any atom is -0.300 e. The maximum atomic E-state index is 11.3. The van der Waals surface area contributed by atoms with E-state index in [1.54, 1.807) is 16.7 Å². The Bertz CT molecular complexity index is 327. The molecule has 58 valence electrons. The molecule has 0 aromatic carbocycles. The molecule has 1 aromatic rings. The van der Waals surface area contributed by atoms with Gasteiger partial charge in [0.05, 0.1) is 4.60 Å². The smallest absolute Gasteiger partial charge is 0.251 e. The molecule has 0 unspecified atom stereocenters. The fraction of sp³-hybridized carbons (Fsp3) is 0.375. The van der Waals surface area contributed by atoms with Gasteiger partial charge < -0.3 is 0 Å². The first kappa shape index (κ1) is 7.10. The van der Waals surface area contributed by atoms with Gasteiger partial charge >= 0.3 is 0 Å². The summed E-state index contributed by atoms with van der Waals surface area (Å²) in [6.07, 6.45) is 2.28. The van der Waals surface area contributed by atoms with Crippen molar-refractivity contribution in [3.8, 4) is 0 Å². The van der Waals surface area contributed by atoms with Crippen LogP contribution in [0, 0.1) is 0 Å². The molecule has 0 aliphatic heterocycles. The predicted octanol–water partition coefficient (Wildman–Crippen LogP) is 1.95. The summed E-state index contributed by atoms with van der Waals surface area (Å²) in [6, 6.07) is 5.73. The Morgan fingerprint density at radius 3 is 2.73 bits per heavy atom. The lowest BCUT2D eigenvalue weighted by Gasteiger charge is -2.04. The van der Waals surface area contributed by atoms with Gasteiger partial charge in [0.2, 0.25) is 0 Å². The lowest BCUT2D eigenvalue weighted by atomic mass is 10.4. The Balaban J connectivity index is 2.57. The monoisotopic (exact) mass is 213 g/mol. The lowest BCUT2D eigenvalue weighted by Crippen LogP contribution is -2.17. The van der Waals surface area contributed by atoms with Crippen LogP contribution in [-0.4, -0.2) is 4.57 Å². The van der Waals surface area contributed by atoms with E-state index < -0.39 is 0 Å². The Labute approximate surface area is 73.0 Å². The van der Waals surface area contributed by atoms with E-state index in [0.29, 0.717) is 6.04 Å². The van der Waals surface area contributed by atoms with Crippen LogP contribution in [0.4, 0.5) is 0 Å². The summed E-state index contributed by atoms with van der Waals surface area (Å²) < 4.78 is 2.70. The molecule has 1 fully saturated rings. The highest BCUT2D eigenvalue weighted by Crippen LogP contribution is 2.35. The first-order valence-electron chi connectivity index (χ1n) is 3.66. The number of halogens is 1. The molecule has 0 amide bonds. The number of rotatable bonds is 1. The van der Waals surface area contributed by atoms with E-state index in [0.717, 1.165) is 17.4 Å². The molecule has 1 aliphatic carbocycles. The van der Waals surface area contributed by atoms with Gasteiger partial charge in [0.15, 0.2) is 0 Å². The third-order valence-corrected chi connectivity index (χ3v) is 2.50. The zero-order chi connectivity index (χ0) is 7.84. The summed E-state index contributed by atoms with van der Waals surface area (Å²) in [6.45, 7) is 0. The second kappa shape index (κ2) is 2.48. The van der Waals surface area contributed by atoms with E-state index >= 15 is 0 Å². The number of pyridine rings is 1. The molecule has 2 nitrogen and oxygen atoms in total. The number of hydrogen-bond donors (Lipinski definition) is 0. The standard InChI is InChI=1S/C8H8BrNO/c9-7-2-1-3-8(11)10(7)6-4-5-6/h1-3,6H,4-5H2. The van der Waals surface area contributed by atoms with Crippen molar-refractivity contribution in [3.63, 3.8) is 0 Å². The SMILES string of the molecule is O=c1cccc(Br)n1C1CC1. The van der Waals surface area contributed by atoms with Gasteiger partial charge in [-0.1, -0.05) is 6.07 Å². The van der Waals surface area contributed by atoms with Crippen LogP contribution in [0.5, 0.6) is 0 Å². The molecular weight excluding hydrogens is 206 g/mol. The van der Waals surface area contributed by atoms with Crippen molar-refractivity contribution in [2.45, 2.75) is 18.9 Å². The van der Waals surface area contributed by atoms with E-state index in [2.05, 4.69) is 15.9 Å². The predicted molar refractivity (Wildman–Crippen MR) is 46.7 cm³/mol. The van der Waals surface area contributed by atoms with Crippen molar-refractivity contribution in [2.75, 3.05) is 0 Å². The van der Waals surface area contributed by atoms with Crippen molar-refractivity contribution in [1.29, 1.82) is 0 Å². The molecule has 1 aliphatic rings. The fourth-order valence-electron chi connectivity index (χ4n) is 1.16. The van der Waals surface area contributed by atoms with Crippen molar-refractivity contribution >= 4 is 15.9 Å². The molecule has 0 spiro atoms. The maximum absolute atomic E-state index is 11.3. The van der Waals surface area contributed by atoms with Crippen LogP contribution < -0.4 is 5.56 Å². The van der Waals surface area contributed by atoms with Crippen LogP contribution in [0.3, 0.4) is 0 Å². The van der Waals surface area contributed by atoms with E-state index in [9.17, 15) is 4.79 Å². The number of hydrogen-bond acceptors (Lipinski definition) is 1. The molecule has 0 radical (unpaired) electrons. The van der Waals surface area contributed by atoms with Gasteiger partial charge in [-0.15, -0.1) is 0 Å². The summed E-state index contributed by atoms with van der Waals surface area (Å²) in [7, 11) is 0. The first-order chi connectivity index (χ1) is 5.29. The van der Waals surface area contributed by atoms with Gasteiger partial charge in [0.1, 0.15) is 0 Å². The zero-order valence-electron chi connectivity index (χ0n) is 5.96. The molecule has 2 rings (SSSR count). The highest BCUT2D eigenvalue weighted by Gasteiger charge is 2.25. The normalized spacial score (nSPS) is 16.8. The quantitative estimate of drug-likeness (QED) is 0.655. The van der Waals surface area contributed by atoms with Gasteiger partial charge in [-0.3, -0.25) is 9.36 Å². The third-order valence-electron chi connectivity index (χ3n) is 1.85. The van der Waals surface area contributed by atoms with E-state index in [1.807, 2.05) is 6.07 Å². The molecule has 1 aromatic heterocycles. The molecule has 3 heteroatoms. The first-order valence-corrected chi connectivity index (χ1v) is 4.45. The van der Waals surface area contributed by atoms with E-state index in [-0.39, 0.29) is 5.56 Å². The van der Waals surface area contributed by atoms with Gasteiger partial charge in [-0.2, -0.15) is 0 Å². The van der Waals surface area contributed by atoms with Crippen molar-refractivity contribution in [1.82, 2.24) is 4.57 Å². The third kappa shape index (κ3) is 1.25. The Morgan fingerprint density at radius 2 is 2.18 bits per heavy atom. The molecule has 1 saturated carbocycles. The zero-order valence-corrected chi connectivity index (χ0v) is 7.54. The second-order valence-electron chi connectivity index (χ2n) is 2.79. The average Bonchev–Trinajstić information content (AvgIpc) is 2.70. The minimum atomic E-state index is 0.0990. The van der Waals surface area contributed by atoms with Crippen molar-refractivity contribution in [3.05, 3.63) is 33.2 Å². The van der Waals surface area contributed by atoms with Crippen LogP contribution in [0.2, 0.25) is 0 Å². The summed E-state index contributed by atoms with van der Waals surface area (Å²) in [5, 5.41) is 0. The molecule has 0 atom stereocenters. The van der Waals surface area contributed by atoms with Crippen molar-refractivity contribution in [2.24, 2.45) is 0 Å². The van der Waals surface area contributed by atoms with E-state index in [4.69, 9.17) is 0 Å². The minimum absolute atomic E-state index is 0.0990. The van der Waals surface area contributed by atoms with Gasteiger partial charge in [0.25, 0.3) is 5.56 Å². The van der Waals surface area contributed by atoms with Crippen LogP contribution in [0.1, 0.15) is 18.9 Å². The second-order valence-corrected chi connectivity index (χ2v) is 3.60. The highest BCUT2D eigenvalue weighted by molar-refractivity contribution is 9.10. The Hall–Kier alpha value is -0.570.